The molecule has 0 spiro atoms. The first-order valence-electron chi connectivity index (χ1n) is 17.6. The first-order chi connectivity index (χ1) is 24.8. The van der Waals surface area contributed by atoms with Gasteiger partial charge < -0.3 is 34.2 Å². The molecule has 5 rings (SSSR count). The first-order valence-corrected chi connectivity index (χ1v) is 17.6. The highest BCUT2D eigenvalue weighted by Gasteiger charge is 2.45. The number of pyridine rings is 2. The number of hydrogen-bond donors (Lipinski definition) is 3. The number of anilines is 3. The van der Waals surface area contributed by atoms with Crippen molar-refractivity contribution >= 4 is 46.5 Å². The van der Waals surface area contributed by atoms with Crippen molar-refractivity contribution in [1.29, 1.82) is 0 Å². The molecule has 3 N–H and O–H groups in total. The molecule has 5 heterocycles. The Bertz CT molecular complexity index is 1760. The number of aryl methyl sites for hydroxylation is 1. The van der Waals surface area contributed by atoms with E-state index in [1.807, 2.05) is 0 Å². The van der Waals surface area contributed by atoms with Crippen molar-refractivity contribution in [2.45, 2.75) is 84.2 Å². The summed E-state index contributed by atoms with van der Waals surface area (Å²) in [6.07, 6.45) is -0.729. The van der Waals surface area contributed by atoms with Gasteiger partial charge in [-0.3, -0.25) is 25.0 Å². The topological polar surface area (TPSA) is 160 Å². The Morgan fingerprint density at radius 1 is 0.962 bits per heavy atom. The quantitative estimate of drug-likeness (QED) is 0.223. The molecule has 0 unspecified atom stereocenters. The molecule has 3 aromatic rings. The second-order valence-corrected chi connectivity index (χ2v) is 15.3. The van der Waals surface area contributed by atoms with Crippen molar-refractivity contribution in [1.82, 2.24) is 20.2 Å². The van der Waals surface area contributed by atoms with E-state index in [1.54, 1.807) is 53.8 Å². The molecular formula is C36H48F3N7O7. The fourth-order valence-corrected chi connectivity index (χ4v) is 6.24. The fourth-order valence-electron chi connectivity index (χ4n) is 6.24. The second-order valence-electron chi connectivity index (χ2n) is 15.3. The van der Waals surface area contributed by atoms with Crippen molar-refractivity contribution in [3.8, 4) is 0 Å². The SMILES string of the molecule is CC(C)(C)OC(=O)Nc1oc2cc(CCCN3CCOCC3)cnc2c1C(=O)Nc1cnccc1N1C[C@@H](NC(=O)OC(C)(C)C)C[C@@H](C(F)(F)F)C1. The van der Waals surface area contributed by atoms with Crippen LogP contribution in [0.4, 0.5) is 40.0 Å². The summed E-state index contributed by atoms with van der Waals surface area (Å²) in [6, 6.07) is 2.32. The molecule has 0 aliphatic carbocycles. The number of carbonyl (C=O) groups is 3. The monoisotopic (exact) mass is 747 g/mol. The van der Waals surface area contributed by atoms with Gasteiger partial charge in [0.05, 0.1) is 42.7 Å². The van der Waals surface area contributed by atoms with Crippen LogP contribution in [0.25, 0.3) is 11.1 Å². The van der Waals surface area contributed by atoms with Crippen molar-refractivity contribution in [2.75, 3.05) is 61.5 Å². The van der Waals surface area contributed by atoms with Crippen molar-refractivity contribution in [3.63, 3.8) is 0 Å². The van der Waals surface area contributed by atoms with E-state index >= 15 is 0 Å². The standard InChI is InChI=1S/C36H48F3N7O7/c1-34(2,3)52-32(48)42-24-17-23(36(37,38)39)20-46(21-24)26-9-10-40-19-25(26)43-30(47)28-29-27(51-31(28)44-33(49)53-35(4,5)6)16-22(18-41-29)8-7-11-45-12-14-50-15-13-45/h9-10,16,18-19,23-24H,7-8,11-15,17,20-21H2,1-6H3,(H,42,48)(H,43,47)(H,44,49)/t23-,24+/m1/s1. The van der Waals surface area contributed by atoms with Crippen LogP contribution in [0.2, 0.25) is 0 Å². The molecule has 2 fully saturated rings. The van der Waals surface area contributed by atoms with Crippen LogP contribution in [-0.4, -0.2) is 102 Å². The number of hydrogen-bond acceptors (Lipinski definition) is 11. The smallest absolute Gasteiger partial charge is 0.414 e. The predicted octanol–water partition coefficient (Wildman–Crippen LogP) is 6.37. The van der Waals surface area contributed by atoms with E-state index in [0.29, 0.717) is 19.6 Å². The third-order valence-electron chi connectivity index (χ3n) is 8.49. The lowest BCUT2D eigenvalue weighted by Gasteiger charge is -2.40. The van der Waals surface area contributed by atoms with Crippen molar-refractivity contribution < 1.29 is 46.2 Å². The van der Waals surface area contributed by atoms with Crippen molar-refractivity contribution in [3.05, 3.63) is 41.9 Å². The summed E-state index contributed by atoms with van der Waals surface area (Å²) >= 11 is 0. The van der Waals surface area contributed by atoms with E-state index in [-0.39, 0.29) is 46.9 Å². The number of rotatable bonds is 9. The van der Waals surface area contributed by atoms with Gasteiger partial charge in [0.1, 0.15) is 22.3 Å². The molecule has 2 aliphatic rings. The molecule has 3 aromatic heterocycles. The zero-order valence-electron chi connectivity index (χ0n) is 30.9. The van der Waals surface area contributed by atoms with Gasteiger partial charge in [0.15, 0.2) is 5.58 Å². The summed E-state index contributed by atoms with van der Waals surface area (Å²) in [5.41, 5.74) is -0.214. The summed E-state index contributed by atoms with van der Waals surface area (Å²) in [6.45, 7) is 13.6. The Balaban J connectivity index is 1.41. The van der Waals surface area contributed by atoms with E-state index in [4.69, 9.17) is 18.6 Å². The Hall–Kier alpha value is -4.64. The normalized spacial score (nSPS) is 18.8. The van der Waals surface area contributed by atoms with Crippen LogP contribution in [0, 0.1) is 5.92 Å². The number of nitrogens with one attached hydrogen (secondary N) is 3. The maximum atomic E-state index is 14.2. The number of fused-ring (bicyclic) bond motifs is 1. The number of piperidine rings is 1. The van der Waals surface area contributed by atoms with Gasteiger partial charge in [-0.1, -0.05) is 0 Å². The maximum absolute atomic E-state index is 14.2. The highest BCUT2D eigenvalue weighted by atomic mass is 19.4. The Labute approximate surface area is 306 Å². The van der Waals surface area contributed by atoms with Gasteiger partial charge in [-0.2, -0.15) is 13.2 Å². The van der Waals surface area contributed by atoms with Gasteiger partial charge in [-0.15, -0.1) is 0 Å². The molecule has 2 atom stereocenters. The number of morpholine rings is 1. The highest BCUT2D eigenvalue weighted by molar-refractivity contribution is 6.16. The zero-order valence-corrected chi connectivity index (χ0v) is 30.9. The molecule has 3 amide bonds. The minimum Gasteiger partial charge on any atom is -0.444 e. The maximum Gasteiger partial charge on any atom is 0.414 e. The van der Waals surface area contributed by atoms with Crippen LogP contribution in [-0.2, 0) is 20.6 Å². The van der Waals surface area contributed by atoms with E-state index in [9.17, 15) is 27.6 Å². The van der Waals surface area contributed by atoms with E-state index < -0.39 is 54.0 Å². The molecule has 0 radical (unpaired) electrons. The number of amides is 3. The molecule has 0 bridgehead atoms. The predicted molar refractivity (Wildman–Crippen MR) is 191 cm³/mol. The summed E-state index contributed by atoms with van der Waals surface area (Å²) in [5, 5.41) is 7.83. The number of aromatic nitrogens is 2. The molecule has 0 saturated carbocycles. The number of furan rings is 1. The Kier molecular flexibility index (Phi) is 12.1. The fraction of sp³-hybridized carbons (Fsp3) is 0.583. The number of carbonyl (C=O) groups excluding carboxylic acids is 3. The van der Waals surface area contributed by atoms with E-state index in [1.165, 1.54) is 23.4 Å². The first kappa shape index (κ1) is 39.6. The van der Waals surface area contributed by atoms with Gasteiger partial charge in [-0.25, -0.2) is 9.59 Å². The number of halogens is 3. The highest BCUT2D eigenvalue weighted by Crippen LogP contribution is 2.38. The molecule has 14 nitrogen and oxygen atoms in total. The lowest BCUT2D eigenvalue weighted by molar-refractivity contribution is -0.177. The minimum absolute atomic E-state index is 0.00529. The van der Waals surface area contributed by atoms with Gasteiger partial charge in [0.25, 0.3) is 5.91 Å². The average molecular weight is 748 g/mol. The number of alkyl carbamates (subject to hydrolysis) is 1. The summed E-state index contributed by atoms with van der Waals surface area (Å²) in [4.78, 5) is 51.9. The summed E-state index contributed by atoms with van der Waals surface area (Å²) in [7, 11) is 0. The molecule has 2 saturated heterocycles. The van der Waals surface area contributed by atoms with Crippen LogP contribution in [0.1, 0.15) is 70.3 Å². The number of ether oxygens (including phenoxy) is 3. The average Bonchev–Trinajstić information content (AvgIpc) is 3.40. The molecule has 0 aromatic carbocycles. The second kappa shape index (κ2) is 16.2. The van der Waals surface area contributed by atoms with Gasteiger partial charge >= 0.3 is 18.4 Å². The lowest BCUT2D eigenvalue weighted by atomic mass is 9.93. The lowest BCUT2D eigenvalue weighted by Crippen LogP contribution is -2.54. The Morgan fingerprint density at radius 3 is 2.34 bits per heavy atom. The zero-order chi connectivity index (χ0) is 38.6. The summed E-state index contributed by atoms with van der Waals surface area (Å²) < 4.78 is 64.6. The summed E-state index contributed by atoms with van der Waals surface area (Å²) in [5.74, 6) is -2.76. The Morgan fingerprint density at radius 2 is 1.66 bits per heavy atom. The van der Waals surface area contributed by atoms with Crippen LogP contribution in [0.5, 0.6) is 0 Å². The van der Waals surface area contributed by atoms with Crippen LogP contribution in [0.3, 0.4) is 0 Å². The van der Waals surface area contributed by atoms with Crippen LogP contribution in [0.15, 0.2) is 35.1 Å². The molecule has 290 valence electrons. The number of nitrogens with zero attached hydrogens (tertiary/aromatic N) is 4. The molecule has 2 aliphatic heterocycles. The number of alkyl halides is 3. The molecule has 17 heteroatoms. The van der Waals surface area contributed by atoms with Gasteiger partial charge in [0, 0.05) is 38.6 Å². The van der Waals surface area contributed by atoms with E-state index in [0.717, 1.165) is 31.6 Å². The third-order valence-corrected chi connectivity index (χ3v) is 8.49. The van der Waals surface area contributed by atoms with Crippen LogP contribution >= 0.6 is 0 Å². The van der Waals surface area contributed by atoms with Gasteiger partial charge in [0.2, 0.25) is 5.88 Å². The largest absolute Gasteiger partial charge is 0.444 e. The molecular weight excluding hydrogens is 699 g/mol. The van der Waals surface area contributed by atoms with Crippen LogP contribution < -0.4 is 20.9 Å². The molecule has 53 heavy (non-hydrogen) atoms. The minimum atomic E-state index is -4.56. The van der Waals surface area contributed by atoms with Crippen molar-refractivity contribution in [2.24, 2.45) is 5.92 Å². The van der Waals surface area contributed by atoms with Gasteiger partial charge in [-0.05, 0) is 85.0 Å². The third kappa shape index (κ3) is 11.2. The van der Waals surface area contributed by atoms with E-state index in [2.05, 4.69) is 30.8 Å².